The summed E-state index contributed by atoms with van der Waals surface area (Å²) in [6, 6.07) is 0. The number of nitrogens with one attached hydrogen (secondary N) is 2. The van der Waals surface area contributed by atoms with E-state index in [2.05, 4.69) is 41.2 Å². The van der Waals surface area contributed by atoms with Gasteiger partial charge in [0, 0.05) is 19.3 Å². The molecular weight excluding hydrogens is 440 g/mol. The fraction of sp³-hybridized carbons (Fsp3) is 0.759. The largest absolute Gasteiger partial charge is 0.480 e. The Balaban J connectivity index is 3.39. The summed E-state index contributed by atoms with van der Waals surface area (Å²) >= 11 is 0. The third kappa shape index (κ3) is 27.7. The van der Waals surface area contributed by atoms with Gasteiger partial charge in [-0.3, -0.25) is 14.4 Å². The van der Waals surface area contributed by atoms with Crippen molar-refractivity contribution in [2.24, 2.45) is 0 Å². The molecule has 0 rings (SSSR count). The van der Waals surface area contributed by atoms with Crippen LogP contribution in [-0.4, -0.2) is 36.0 Å². The molecule has 6 nitrogen and oxygen atoms in total. The molecule has 35 heavy (non-hydrogen) atoms. The Kier molecular flexibility index (Phi) is 24.3. The number of carbonyl (C=O) groups excluding carboxylic acids is 2. The zero-order valence-corrected chi connectivity index (χ0v) is 22.0. The summed E-state index contributed by atoms with van der Waals surface area (Å²) in [5.41, 5.74) is 0. The lowest BCUT2D eigenvalue weighted by Gasteiger charge is -2.05. The van der Waals surface area contributed by atoms with Gasteiger partial charge in [-0.15, -0.1) is 0 Å². The normalized spacial score (nSPS) is 9.97. The van der Waals surface area contributed by atoms with Gasteiger partial charge >= 0.3 is 5.97 Å². The van der Waals surface area contributed by atoms with Crippen LogP contribution in [0.3, 0.4) is 0 Å². The number of amides is 2. The maximum Gasteiger partial charge on any atom is 0.322 e. The van der Waals surface area contributed by atoms with E-state index in [0.717, 1.165) is 51.4 Å². The first-order valence-electron chi connectivity index (χ1n) is 13.8. The van der Waals surface area contributed by atoms with Crippen molar-refractivity contribution < 1.29 is 19.5 Å². The highest BCUT2D eigenvalue weighted by Gasteiger charge is 2.06. The lowest BCUT2D eigenvalue weighted by molar-refractivity contribution is -0.137. The van der Waals surface area contributed by atoms with E-state index in [-0.39, 0.29) is 12.5 Å². The Morgan fingerprint density at radius 1 is 0.571 bits per heavy atom. The van der Waals surface area contributed by atoms with Gasteiger partial charge in [0.25, 0.3) is 0 Å². The molecule has 0 aromatic carbocycles. The van der Waals surface area contributed by atoms with Gasteiger partial charge in [-0.1, -0.05) is 102 Å². The van der Waals surface area contributed by atoms with E-state index >= 15 is 0 Å². The lowest BCUT2D eigenvalue weighted by atomic mass is 10.1. The molecule has 0 saturated carbocycles. The third-order valence-corrected chi connectivity index (χ3v) is 5.73. The number of carboxylic acids is 1. The van der Waals surface area contributed by atoms with Crippen LogP contribution < -0.4 is 10.6 Å². The molecule has 0 heterocycles. The third-order valence-electron chi connectivity index (χ3n) is 5.73. The van der Waals surface area contributed by atoms with Crippen LogP contribution in [0.25, 0.3) is 0 Å². The minimum Gasteiger partial charge on any atom is -0.480 e. The molecule has 0 aromatic rings. The Bertz CT molecular complexity index is 682. The maximum atomic E-state index is 11.7. The van der Waals surface area contributed by atoms with Crippen molar-refractivity contribution in [2.45, 2.75) is 129 Å². The minimum absolute atomic E-state index is 0.181. The van der Waals surface area contributed by atoms with Crippen molar-refractivity contribution in [1.82, 2.24) is 10.6 Å². The van der Waals surface area contributed by atoms with Crippen LogP contribution in [0, 0.1) is 23.7 Å². The van der Waals surface area contributed by atoms with E-state index in [4.69, 9.17) is 5.11 Å². The molecule has 0 aliphatic heterocycles. The Morgan fingerprint density at radius 3 is 1.49 bits per heavy atom. The molecule has 0 aromatic heterocycles. The highest BCUT2D eigenvalue weighted by Crippen LogP contribution is 2.11. The summed E-state index contributed by atoms with van der Waals surface area (Å²) in [6.07, 6.45) is 21.9. The van der Waals surface area contributed by atoms with Crippen molar-refractivity contribution in [3.05, 3.63) is 0 Å². The van der Waals surface area contributed by atoms with E-state index < -0.39 is 18.4 Å². The minimum atomic E-state index is -1.11. The SMILES string of the molecule is CCCCCCCCCCCCC#CC#CCCCCCCCCC(=O)NCC(=O)NCC(=O)O. The molecule has 0 atom stereocenters. The predicted molar refractivity (Wildman–Crippen MR) is 143 cm³/mol. The van der Waals surface area contributed by atoms with Gasteiger partial charge in [-0.2, -0.15) is 0 Å². The van der Waals surface area contributed by atoms with Crippen molar-refractivity contribution in [3.8, 4) is 23.7 Å². The molecule has 2 amide bonds. The zero-order chi connectivity index (χ0) is 25.8. The van der Waals surface area contributed by atoms with Gasteiger partial charge in [0.15, 0.2) is 0 Å². The van der Waals surface area contributed by atoms with Crippen molar-refractivity contribution in [1.29, 1.82) is 0 Å². The fourth-order valence-electron chi connectivity index (χ4n) is 3.62. The second-order valence-corrected chi connectivity index (χ2v) is 9.10. The number of carbonyl (C=O) groups is 3. The summed E-state index contributed by atoms with van der Waals surface area (Å²) in [4.78, 5) is 33.3. The summed E-state index contributed by atoms with van der Waals surface area (Å²) in [5, 5.41) is 13.2. The van der Waals surface area contributed by atoms with Gasteiger partial charge in [-0.25, -0.2) is 0 Å². The van der Waals surface area contributed by atoms with E-state index in [9.17, 15) is 14.4 Å². The average molecular weight is 489 g/mol. The summed E-state index contributed by atoms with van der Waals surface area (Å²) < 4.78 is 0. The highest BCUT2D eigenvalue weighted by molar-refractivity contribution is 5.86. The average Bonchev–Trinajstić information content (AvgIpc) is 2.84. The number of hydrogen-bond acceptors (Lipinski definition) is 3. The maximum absolute atomic E-state index is 11.7. The number of rotatable bonds is 22. The van der Waals surface area contributed by atoms with Gasteiger partial charge in [0.2, 0.25) is 11.8 Å². The summed E-state index contributed by atoms with van der Waals surface area (Å²) in [5.74, 6) is 10.5. The smallest absolute Gasteiger partial charge is 0.322 e. The van der Waals surface area contributed by atoms with Crippen molar-refractivity contribution >= 4 is 17.8 Å². The van der Waals surface area contributed by atoms with E-state index in [1.54, 1.807) is 0 Å². The van der Waals surface area contributed by atoms with Crippen LogP contribution in [0.1, 0.15) is 129 Å². The summed E-state index contributed by atoms with van der Waals surface area (Å²) in [6.45, 7) is 1.64. The highest BCUT2D eigenvalue weighted by atomic mass is 16.4. The van der Waals surface area contributed by atoms with Gasteiger partial charge < -0.3 is 15.7 Å². The second-order valence-electron chi connectivity index (χ2n) is 9.10. The van der Waals surface area contributed by atoms with E-state index in [1.807, 2.05) is 0 Å². The lowest BCUT2D eigenvalue weighted by Crippen LogP contribution is -2.38. The molecule has 0 radical (unpaired) electrons. The molecule has 0 saturated heterocycles. The molecule has 0 aliphatic carbocycles. The van der Waals surface area contributed by atoms with Gasteiger partial charge in [-0.05, 0) is 31.1 Å². The Hall–Kier alpha value is -2.47. The molecule has 198 valence electrons. The first-order chi connectivity index (χ1) is 17.1. The molecular formula is C29H48N2O4. The molecule has 6 heteroatoms. The van der Waals surface area contributed by atoms with Crippen LogP contribution in [-0.2, 0) is 14.4 Å². The van der Waals surface area contributed by atoms with Crippen LogP contribution in [0.2, 0.25) is 0 Å². The molecule has 0 spiro atoms. The Morgan fingerprint density at radius 2 is 1.00 bits per heavy atom. The second kappa shape index (κ2) is 26.1. The van der Waals surface area contributed by atoms with Crippen molar-refractivity contribution in [3.63, 3.8) is 0 Å². The van der Waals surface area contributed by atoms with E-state index in [1.165, 1.54) is 64.2 Å². The molecule has 0 bridgehead atoms. The first kappa shape index (κ1) is 32.5. The topological polar surface area (TPSA) is 95.5 Å². The molecule has 0 aliphatic rings. The number of unbranched alkanes of at least 4 members (excludes halogenated alkanes) is 16. The van der Waals surface area contributed by atoms with Crippen LogP contribution in [0.5, 0.6) is 0 Å². The quantitative estimate of drug-likeness (QED) is 0.134. The zero-order valence-electron chi connectivity index (χ0n) is 22.0. The monoisotopic (exact) mass is 488 g/mol. The van der Waals surface area contributed by atoms with Gasteiger partial charge in [0.05, 0.1) is 6.54 Å². The molecule has 3 N–H and O–H groups in total. The van der Waals surface area contributed by atoms with E-state index in [0.29, 0.717) is 6.42 Å². The van der Waals surface area contributed by atoms with Crippen LogP contribution in [0.15, 0.2) is 0 Å². The van der Waals surface area contributed by atoms with Crippen LogP contribution in [0.4, 0.5) is 0 Å². The van der Waals surface area contributed by atoms with Crippen LogP contribution >= 0.6 is 0 Å². The molecule has 0 fully saturated rings. The van der Waals surface area contributed by atoms with Gasteiger partial charge in [0.1, 0.15) is 6.54 Å². The fourth-order valence-corrected chi connectivity index (χ4v) is 3.62. The standard InChI is InChI=1S/C29H48N2O4/c1-2-3-4-5-6-7-8-9-10-11-12-13-14-15-16-17-18-19-20-21-22-23-24-27(32)30-25-28(33)31-26-29(34)35/h2-12,17-26H2,1H3,(H,30,32)(H,31,33)(H,34,35). The predicted octanol–water partition coefficient (Wildman–Crippen LogP) is 5.74. The van der Waals surface area contributed by atoms with Crippen molar-refractivity contribution in [2.75, 3.05) is 13.1 Å². The molecule has 0 unspecified atom stereocenters. The first-order valence-corrected chi connectivity index (χ1v) is 13.8. The number of aliphatic carboxylic acids is 1. The number of carboxylic acid groups (broad SMARTS) is 1. The Labute approximate surface area is 213 Å². The number of hydrogen-bond donors (Lipinski definition) is 3. The summed E-state index contributed by atoms with van der Waals surface area (Å²) in [7, 11) is 0.